The normalized spacial score (nSPS) is 19.5. The second-order valence-electron chi connectivity index (χ2n) is 6.80. The number of benzene rings is 1. The van der Waals surface area contributed by atoms with Crippen molar-refractivity contribution in [3.8, 4) is 0 Å². The Bertz CT molecular complexity index is 862. The Hall–Kier alpha value is -2.61. The molecule has 1 N–H and O–H groups in total. The highest BCUT2D eigenvalue weighted by molar-refractivity contribution is 5.94. The number of amides is 1. The fraction of sp³-hybridized carbons (Fsp3) is 0.421. The third-order valence-electron chi connectivity index (χ3n) is 4.92. The van der Waals surface area contributed by atoms with Gasteiger partial charge in [-0.25, -0.2) is 18.7 Å². The lowest BCUT2D eigenvalue weighted by atomic mass is 10.0. The molecule has 4 rings (SSSR count). The first-order valence-electron chi connectivity index (χ1n) is 9.04. The molecular weight excluding hydrogens is 354 g/mol. The zero-order valence-electron chi connectivity index (χ0n) is 14.8. The third kappa shape index (κ3) is 3.75. The zero-order valence-corrected chi connectivity index (χ0v) is 14.8. The van der Waals surface area contributed by atoms with Crippen LogP contribution in [-0.4, -0.2) is 41.6 Å². The largest absolute Gasteiger partial charge is 0.376 e. The molecule has 2 aromatic rings. The lowest BCUT2D eigenvalue weighted by Gasteiger charge is -2.33. The van der Waals surface area contributed by atoms with Gasteiger partial charge in [0.15, 0.2) is 11.6 Å². The molecular formula is C19H20F2N4O2. The highest BCUT2D eigenvalue weighted by Crippen LogP contribution is 2.21. The van der Waals surface area contributed by atoms with Crippen molar-refractivity contribution >= 4 is 11.9 Å². The van der Waals surface area contributed by atoms with Gasteiger partial charge in [-0.15, -0.1) is 0 Å². The van der Waals surface area contributed by atoms with Gasteiger partial charge in [0, 0.05) is 37.3 Å². The predicted molar refractivity (Wildman–Crippen MR) is 94.5 cm³/mol. The summed E-state index contributed by atoms with van der Waals surface area (Å²) >= 11 is 0. The minimum atomic E-state index is -1.12. The first-order valence-corrected chi connectivity index (χ1v) is 9.04. The Morgan fingerprint density at radius 1 is 1.33 bits per heavy atom. The summed E-state index contributed by atoms with van der Waals surface area (Å²) in [5, 5.41) is 2.80. The molecule has 1 aromatic heterocycles. The number of aromatic nitrogens is 2. The summed E-state index contributed by atoms with van der Waals surface area (Å²) < 4.78 is 32.6. The van der Waals surface area contributed by atoms with E-state index in [0.717, 1.165) is 43.1 Å². The number of fused-ring (bicyclic) bond motifs is 1. The van der Waals surface area contributed by atoms with E-state index in [1.807, 2.05) is 4.90 Å². The van der Waals surface area contributed by atoms with Crippen LogP contribution < -0.4 is 10.2 Å². The van der Waals surface area contributed by atoms with Gasteiger partial charge in [0.2, 0.25) is 5.95 Å². The van der Waals surface area contributed by atoms with Gasteiger partial charge in [-0.1, -0.05) is 6.07 Å². The van der Waals surface area contributed by atoms with Gasteiger partial charge in [0.1, 0.15) is 0 Å². The lowest BCUT2D eigenvalue weighted by Crippen LogP contribution is -2.48. The summed E-state index contributed by atoms with van der Waals surface area (Å²) in [5.74, 6) is -2.13. The molecule has 2 aliphatic heterocycles. The summed E-state index contributed by atoms with van der Waals surface area (Å²) in [6, 6.07) is 3.41. The molecule has 0 unspecified atom stereocenters. The van der Waals surface area contributed by atoms with E-state index in [9.17, 15) is 13.6 Å². The number of halogens is 2. The first kappa shape index (κ1) is 17.8. The minimum Gasteiger partial charge on any atom is -0.376 e. The third-order valence-corrected chi connectivity index (χ3v) is 4.92. The van der Waals surface area contributed by atoms with Crippen molar-refractivity contribution in [2.75, 3.05) is 24.6 Å². The Balaban J connectivity index is 1.45. The van der Waals surface area contributed by atoms with Crippen molar-refractivity contribution in [2.45, 2.75) is 31.9 Å². The number of hydrogen-bond donors (Lipinski definition) is 1. The molecule has 0 aliphatic carbocycles. The van der Waals surface area contributed by atoms with Crippen LogP contribution in [0.3, 0.4) is 0 Å². The summed E-state index contributed by atoms with van der Waals surface area (Å²) in [7, 11) is 0. The van der Waals surface area contributed by atoms with Gasteiger partial charge in [-0.05, 0) is 25.0 Å². The standard InChI is InChI=1S/C19H20F2N4O2/c20-15-5-1-4-14(17(15)21)18(26)23-13-3-2-7-25(10-13)19-22-9-12-11-27-8-6-16(12)24-19/h1,4-5,9,13H,2-3,6-8,10-11H2,(H,23,26)/t13-/m1/s1. The van der Waals surface area contributed by atoms with Crippen molar-refractivity contribution in [3.63, 3.8) is 0 Å². The topological polar surface area (TPSA) is 67.4 Å². The SMILES string of the molecule is O=C(N[C@@H]1CCCN(c2ncc3c(n2)CCOC3)C1)c1cccc(F)c1F. The molecule has 0 radical (unpaired) electrons. The fourth-order valence-electron chi connectivity index (χ4n) is 3.49. The molecule has 1 saturated heterocycles. The maximum Gasteiger partial charge on any atom is 0.254 e. The first-order chi connectivity index (χ1) is 13.1. The van der Waals surface area contributed by atoms with E-state index < -0.39 is 17.5 Å². The van der Waals surface area contributed by atoms with Gasteiger partial charge in [-0.3, -0.25) is 4.79 Å². The van der Waals surface area contributed by atoms with Crippen molar-refractivity contribution in [3.05, 3.63) is 52.9 Å². The van der Waals surface area contributed by atoms with Crippen LogP contribution in [0.1, 0.15) is 34.5 Å². The van der Waals surface area contributed by atoms with E-state index in [2.05, 4.69) is 15.3 Å². The Kier molecular flexibility index (Phi) is 4.98. The summed E-state index contributed by atoms with van der Waals surface area (Å²) in [5.41, 5.74) is 1.73. The van der Waals surface area contributed by atoms with Gasteiger partial charge in [0.05, 0.1) is 24.5 Å². The molecule has 1 amide bonds. The van der Waals surface area contributed by atoms with Crippen LogP contribution in [0, 0.1) is 11.6 Å². The van der Waals surface area contributed by atoms with Crippen LogP contribution >= 0.6 is 0 Å². The molecule has 27 heavy (non-hydrogen) atoms. The van der Waals surface area contributed by atoms with Crippen molar-refractivity contribution in [1.29, 1.82) is 0 Å². The molecule has 142 valence electrons. The lowest BCUT2D eigenvalue weighted by molar-refractivity contribution is 0.0927. The molecule has 0 saturated carbocycles. The number of nitrogens with zero attached hydrogens (tertiary/aromatic N) is 3. The molecule has 2 aliphatic rings. The second-order valence-corrected chi connectivity index (χ2v) is 6.80. The summed E-state index contributed by atoms with van der Waals surface area (Å²) in [4.78, 5) is 23.4. The van der Waals surface area contributed by atoms with Gasteiger partial charge >= 0.3 is 0 Å². The second kappa shape index (κ2) is 7.56. The predicted octanol–water partition coefficient (Wildman–Crippen LogP) is 2.23. The summed E-state index contributed by atoms with van der Waals surface area (Å²) in [6.07, 6.45) is 4.16. The molecule has 0 spiro atoms. The molecule has 6 nitrogen and oxygen atoms in total. The maximum atomic E-state index is 13.8. The van der Waals surface area contributed by atoms with Crippen LogP contribution in [0.4, 0.5) is 14.7 Å². The Morgan fingerprint density at radius 2 is 2.22 bits per heavy atom. The van der Waals surface area contributed by atoms with Crippen molar-refractivity contribution < 1.29 is 18.3 Å². The molecule has 1 atom stereocenters. The average molecular weight is 374 g/mol. The highest BCUT2D eigenvalue weighted by Gasteiger charge is 2.25. The van der Waals surface area contributed by atoms with Gasteiger partial charge in [-0.2, -0.15) is 0 Å². The fourth-order valence-corrected chi connectivity index (χ4v) is 3.49. The van der Waals surface area contributed by atoms with Crippen LogP contribution in [0.5, 0.6) is 0 Å². The highest BCUT2D eigenvalue weighted by atomic mass is 19.2. The van der Waals surface area contributed by atoms with Crippen LogP contribution in [-0.2, 0) is 17.8 Å². The van der Waals surface area contributed by atoms with Crippen LogP contribution in [0.25, 0.3) is 0 Å². The maximum absolute atomic E-state index is 13.8. The van der Waals surface area contributed by atoms with E-state index in [1.165, 1.54) is 12.1 Å². The smallest absolute Gasteiger partial charge is 0.254 e. The van der Waals surface area contributed by atoms with Gasteiger partial charge < -0.3 is 15.0 Å². The molecule has 1 fully saturated rings. The van der Waals surface area contributed by atoms with Crippen molar-refractivity contribution in [1.82, 2.24) is 15.3 Å². The number of carbonyl (C=O) groups excluding carboxylic acids is 1. The van der Waals surface area contributed by atoms with E-state index in [0.29, 0.717) is 25.7 Å². The number of rotatable bonds is 3. The number of nitrogens with one attached hydrogen (secondary N) is 1. The van der Waals surface area contributed by atoms with E-state index >= 15 is 0 Å². The summed E-state index contributed by atoms with van der Waals surface area (Å²) in [6.45, 7) is 2.50. The molecule has 8 heteroatoms. The number of piperidine rings is 1. The van der Waals surface area contributed by atoms with Gasteiger partial charge in [0.25, 0.3) is 5.91 Å². The van der Waals surface area contributed by atoms with E-state index in [-0.39, 0.29) is 11.6 Å². The molecule has 1 aromatic carbocycles. The van der Waals surface area contributed by atoms with Crippen LogP contribution in [0.15, 0.2) is 24.4 Å². The minimum absolute atomic E-state index is 0.183. The molecule has 3 heterocycles. The number of hydrogen-bond acceptors (Lipinski definition) is 5. The Labute approximate surface area is 155 Å². The monoisotopic (exact) mass is 374 g/mol. The van der Waals surface area contributed by atoms with Crippen LogP contribution in [0.2, 0.25) is 0 Å². The number of ether oxygens (including phenoxy) is 1. The number of anilines is 1. The van der Waals surface area contributed by atoms with E-state index in [1.54, 1.807) is 6.20 Å². The molecule has 0 bridgehead atoms. The average Bonchev–Trinajstić information content (AvgIpc) is 2.70. The van der Waals surface area contributed by atoms with Crippen molar-refractivity contribution in [2.24, 2.45) is 0 Å². The quantitative estimate of drug-likeness (QED) is 0.892. The zero-order chi connectivity index (χ0) is 18.8. The number of carbonyl (C=O) groups is 1. The Morgan fingerprint density at radius 3 is 3.11 bits per heavy atom. The van der Waals surface area contributed by atoms with E-state index in [4.69, 9.17) is 4.74 Å².